The lowest BCUT2D eigenvalue weighted by atomic mass is 9.86. The molecule has 0 saturated carbocycles. The van der Waals surface area contributed by atoms with Gasteiger partial charge in [-0.15, -0.1) is 0 Å². The van der Waals surface area contributed by atoms with Crippen LogP contribution in [0.4, 0.5) is 0 Å². The predicted molar refractivity (Wildman–Crippen MR) is 110 cm³/mol. The van der Waals surface area contributed by atoms with Crippen molar-refractivity contribution in [3.8, 4) is 0 Å². The molecule has 0 spiro atoms. The van der Waals surface area contributed by atoms with E-state index in [4.69, 9.17) is 18.9 Å². The van der Waals surface area contributed by atoms with E-state index in [9.17, 15) is 24.3 Å². The number of hydrogen-bond donors (Lipinski definition) is 1. The molecule has 1 aliphatic heterocycles. The van der Waals surface area contributed by atoms with Crippen LogP contribution >= 0.6 is 0 Å². The molecule has 0 aromatic heterocycles. The first-order valence-corrected chi connectivity index (χ1v) is 11.2. The van der Waals surface area contributed by atoms with E-state index in [1.165, 1.54) is 0 Å². The van der Waals surface area contributed by atoms with Crippen molar-refractivity contribution in [3.63, 3.8) is 0 Å². The average molecular weight is 445 g/mol. The third kappa shape index (κ3) is 7.79. The van der Waals surface area contributed by atoms with Gasteiger partial charge in [-0.1, -0.05) is 27.7 Å². The molecule has 0 bridgehead atoms. The van der Waals surface area contributed by atoms with Crippen LogP contribution in [0.1, 0.15) is 79.6 Å². The number of ether oxygens (including phenoxy) is 4. The molecule has 1 heterocycles. The minimum absolute atomic E-state index is 0.110. The third-order valence-corrected chi connectivity index (χ3v) is 5.12. The second-order valence-corrected chi connectivity index (χ2v) is 7.77. The fourth-order valence-electron chi connectivity index (χ4n) is 3.59. The van der Waals surface area contributed by atoms with E-state index in [0.717, 1.165) is 0 Å². The lowest BCUT2D eigenvalue weighted by Gasteiger charge is -2.45. The van der Waals surface area contributed by atoms with E-state index >= 15 is 0 Å². The van der Waals surface area contributed by atoms with Gasteiger partial charge < -0.3 is 24.1 Å². The van der Waals surface area contributed by atoms with Crippen LogP contribution in [-0.2, 0) is 38.1 Å². The molecule has 1 aliphatic rings. The van der Waals surface area contributed by atoms with Crippen LogP contribution in [0.15, 0.2) is 0 Å². The van der Waals surface area contributed by atoms with E-state index in [1.54, 1.807) is 20.8 Å². The molecule has 178 valence electrons. The van der Waals surface area contributed by atoms with Gasteiger partial charge in [0.15, 0.2) is 18.3 Å². The minimum Gasteiger partial charge on any atom is -0.481 e. The summed E-state index contributed by atoms with van der Waals surface area (Å²) in [6.45, 7) is 8.74. The predicted octanol–water partition coefficient (Wildman–Crippen LogP) is 3.02. The SMILES string of the molecule is CCCC(=O)O[C@@H]1[C@H](OC(=O)CCC)[C@H](C)OC(C(CC)C(=O)O)[C@@H]1OC(=O)CCC. The van der Waals surface area contributed by atoms with E-state index in [-0.39, 0.29) is 25.7 Å². The van der Waals surface area contributed by atoms with Crippen LogP contribution in [0.25, 0.3) is 0 Å². The summed E-state index contributed by atoms with van der Waals surface area (Å²) in [4.78, 5) is 48.7. The summed E-state index contributed by atoms with van der Waals surface area (Å²) in [5.41, 5.74) is 0. The Balaban J connectivity index is 3.37. The number of aliphatic carboxylic acids is 1. The second kappa shape index (κ2) is 13.3. The van der Waals surface area contributed by atoms with Crippen LogP contribution in [0.2, 0.25) is 0 Å². The second-order valence-electron chi connectivity index (χ2n) is 7.77. The van der Waals surface area contributed by atoms with Crippen LogP contribution in [0.5, 0.6) is 0 Å². The Morgan fingerprint density at radius 3 is 1.58 bits per heavy atom. The minimum atomic E-state index is -1.21. The van der Waals surface area contributed by atoms with Gasteiger partial charge in [0.2, 0.25) is 0 Å². The van der Waals surface area contributed by atoms with Gasteiger partial charge in [0.25, 0.3) is 0 Å². The highest BCUT2D eigenvalue weighted by molar-refractivity contribution is 5.73. The fraction of sp³-hybridized carbons (Fsp3) is 0.818. The number of carbonyl (C=O) groups excluding carboxylic acids is 3. The van der Waals surface area contributed by atoms with Gasteiger partial charge in [-0.25, -0.2) is 0 Å². The van der Waals surface area contributed by atoms with E-state index in [0.29, 0.717) is 19.3 Å². The van der Waals surface area contributed by atoms with E-state index in [2.05, 4.69) is 0 Å². The molecule has 9 nitrogen and oxygen atoms in total. The van der Waals surface area contributed by atoms with Gasteiger partial charge in [-0.3, -0.25) is 19.2 Å². The first kappa shape index (κ1) is 26.9. The van der Waals surface area contributed by atoms with Crippen molar-refractivity contribution in [2.24, 2.45) is 5.92 Å². The lowest BCUT2D eigenvalue weighted by molar-refractivity contribution is -0.254. The summed E-state index contributed by atoms with van der Waals surface area (Å²) in [7, 11) is 0. The number of carbonyl (C=O) groups is 4. The highest BCUT2D eigenvalue weighted by Gasteiger charge is 2.53. The molecule has 1 N–H and O–H groups in total. The Kier molecular flexibility index (Phi) is 11.5. The number of rotatable bonds is 12. The van der Waals surface area contributed by atoms with Crippen molar-refractivity contribution in [3.05, 3.63) is 0 Å². The summed E-state index contributed by atoms with van der Waals surface area (Å²) in [5, 5.41) is 9.69. The summed E-state index contributed by atoms with van der Waals surface area (Å²) in [5.74, 6) is -3.72. The summed E-state index contributed by atoms with van der Waals surface area (Å²) in [6.07, 6.45) is -2.99. The molecular formula is C22H36O9. The van der Waals surface area contributed by atoms with Gasteiger partial charge >= 0.3 is 23.9 Å². The molecule has 6 atom stereocenters. The van der Waals surface area contributed by atoms with Crippen molar-refractivity contribution >= 4 is 23.9 Å². The Bertz CT molecular complexity index is 618. The van der Waals surface area contributed by atoms with Crippen molar-refractivity contribution in [1.29, 1.82) is 0 Å². The summed E-state index contributed by atoms with van der Waals surface area (Å²) >= 11 is 0. The number of carboxylic acids is 1. The van der Waals surface area contributed by atoms with Gasteiger partial charge in [0.1, 0.15) is 6.10 Å². The highest BCUT2D eigenvalue weighted by atomic mass is 16.6. The van der Waals surface area contributed by atoms with Gasteiger partial charge in [-0.05, 0) is 32.6 Å². The Labute approximate surface area is 183 Å². The average Bonchev–Trinajstić information content (AvgIpc) is 2.68. The zero-order valence-electron chi connectivity index (χ0n) is 19.1. The smallest absolute Gasteiger partial charge is 0.309 e. The zero-order chi connectivity index (χ0) is 23.6. The van der Waals surface area contributed by atoms with Gasteiger partial charge in [-0.2, -0.15) is 0 Å². The molecule has 0 aliphatic carbocycles. The maximum Gasteiger partial charge on any atom is 0.309 e. The molecular weight excluding hydrogens is 408 g/mol. The maximum atomic E-state index is 12.4. The number of esters is 3. The zero-order valence-corrected chi connectivity index (χ0v) is 19.1. The third-order valence-electron chi connectivity index (χ3n) is 5.12. The maximum absolute atomic E-state index is 12.4. The molecule has 0 aromatic rings. The number of carboxylic acid groups (broad SMARTS) is 1. The standard InChI is InChI=1S/C22H36O9/c1-6-10-15(23)29-18-13(5)28-19(14(9-4)22(26)27)21(31-17(25)12-8-3)20(18)30-16(24)11-7-2/h13-14,18-21H,6-12H2,1-5H3,(H,26,27)/t13-,14?,18+,19?,20+,21-/m0/s1. The van der Waals surface area contributed by atoms with Crippen LogP contribution < -0.4 is 0 Å². The number of hydrogen-bond acceptors (Lipinski definition) is 8. The molecule has 1 fully saturated rings. The summed E-state index contributed by atoms with van der Waals surface area (Å²) < 4.78 is 22.7. The van der Waals surface area contributed by atoms with E-state index < -0.39 is 60.3 Å². The molecule has 2 unspecified atom stereocenters. The van der Waals surface area contributed by atoms with Crippen molar-refractivity contribution in [2.45, 2.75) is 110 Å². The fourth-order valence-corrected chi connectivity index (χ4v) is 3.59. The Hall–Kier alpha value is -2.16. The largest absolute Gasteiger partial charge is 0.481 e. The highest BCUT2D eigenvalue weighted by Crippen LogP contribution is 2.34. The van der Waals surface area contributed by atoms with Crippen molar-refractivity contribution < 1.29 is 43.2 Å². The van der Waals surface area contributed by atoms with Crippen molar-refractivity contribution in [1.82, 2.24) is 0 Å². The van der Waals surface area contributed by atoms with Crippen LogP contribution in [0.3, 0.4) is 0 Å². The molecule has 9 heteroatoms. The molecule has 31 heavy (non-hydrogen) atoms. The first-order valence-electron chi connectivity index (χ1n) is 11.2. The topological polar surface area (TPSA) is 125 Å². The summed E-state index contributed by atoms with van der Waals surface area (Å²) in [6, 6.07) is 0. The monoisotopic (exact) mass is 444 g/mol. The van der Waals surface area contributed by atoms with Crippen LogP contribution in [-0.4, -0.2) is 59.5 Å². The van der Waals surface area contributed by atoms with Crippen molar-refractivity contribution in [2.75, 3.05) is 0 Å². The quantitative estimate of drug-likeness (QED) is 0.357. The first-order chi connectivity index (χ1) is 14.7. The molecule has 1 rings (SSSR count). The van der Waals surface area contributed by atoms with E-state index in [1.807, 2.05) is 13.8 Å². The molecule has 0 radical (unpaired) electrons. The molecule has 0 aromatic carbocycles. The normalized spacial score (nSPS) is 26.5. The van der Waals surface area contributed by atoms with Gasteiger partial charge in [0, 0.05) is 19.3 Å². The lowest BCUT2D eigenvalue weighted by Crippen LogP contribution is -2.63. The molecule has 1 saturated heterocycles. The Morgan fingerprint density at radius 1 is 0.774 bits per heavy atom. The molecule has 0 amide bonds. The van der Waals surface area contributed by atoms with Gasteiger partial charge in [0.05, 0.1) is 12.0 Å². The Morgan fingerprint density at radius 2 is 1.19 bits per heavy atom. The van der Waals surface area contributed by atoms with Crippen LogP contribution in [0, 0.1) is 5.92 Å².